The Labute approximate surface area is 139 Å². The van der Waals surface area contributed by atoms with Gasteiger partial charge in [0.1, 0.15) is 23.8 Å². The number of fused-ring (bicyclic) bond motifs is 2. The van der Waals surface area contributed by atoms with Crippen molar-refractivity contribution in [1.82, 2.24) is 19.5 Å². The van der Waals surface area contributed by atoms with Crippen LogP contribution in [-0.2, 0) is 22.7 Å². The number of imidazole rings is 1. The van der Waals surface area contributed by atoms with Gasteiger partial charge in [0.15, 0.2) is 5.65 Å². The van der Waals surface area contributed by atoms with Crippen molar-refractivity contribution in [1.29, 1.82) is 0 Å². The highest BCUT2D eigenvalue weighted by Gasteiger charge is 2.21. The quantitative estimate of drug-likeness (QED) is 0.725. The third kappa shape index (κ3) is 2.22. The molecule has 0 spiro atoms. The van der Waals surface area contributed by atoms with Crippen molar-refractivity contribution in [2.75, 3.05) is 6.61 Å². The van der Waals surface area contributed by atoms with Gasteiger partial charge in [0.05, 0.1) is 19.5 Å². The maximum atomic E-state index is 5.88. The molecule has 2 aromatic heterocycles. The summed E-state index contributed by atoms with van der Waals surface area (Å²) in [7, 11) is 0. The summed E-state index contributed by atoms with van der Waals surface area (Å²) in [6, 6.07) is 6.36. The first kappa shape index (κ1) is 14.1. The zero-order valence-corrected chi connectivity index (χ0v) is 13.3. The summed E-state index contributed by atoms with van der Waals surface area (Å²) < 4.78 is 13.4. The second-order valence-electron chi connectivity index (χ2n) is 6.34. The second-order valence-corrected chi connectivity index (χ2v) is 6.34. The van der Waals surface area contributed by atoms with Gasteiger partial charge in [-0.05, 0) is 36.5 Å². The Morgan fingerprint density at radius 1 is 1.04 bits per heavy atom. The van der Waals surface area contributed by atoms with Crippen LogP contribution in [0.1, 0.15) is 36.6 Å². The summed E-state index contributed by atoms with van der Waals surface area (Å²) in [6.45, 7) is 2.16. The van der Waals surface area contributed by atoms with Crippen LogP contribution in [0.15, 0.2) is 30.9 Å². The zero-order chi connectivity index (χ0) is 15.9. The zero-order valence-electron chi connectivity index (χ0n) is 13.3. The van der Waals surface area contributed by atoms with Crippen LogP contribution in [-0.4, -0.2) is 26.1 Å². The van der Waals surface area contributed by atoms with Crippen LogP contribution >= 0.6 is 0 Å². The lowest BCUT2D eigenvalue weighted by molar-refractivity contribution is -0.0298. The van der Waals surface area contributed by atoms with E-state index in [4.69, 9.17) is 9.47 Å². The molecule has 6 nitrogen and oxygen atoms in total. The Morgan fingerprint density at radius 3 is 2.92 bits per heavy atom. The summed E-state index contributed by atoms with van der Waals surface area (Å²) in [4.78, 5) is 13.5. The molecule has 1 aromatic carbocycles. The molecule has 0 radical (unpaired) electrons. The summed E-state index contributed by atoms with van der Waals surface area (Å²) >= 11 is 0. The molecule has 5 rings (SSSR count). The third-order valence-corrected chi connectivity index (χ3v) is 4.82. The standard InChI is InChI=1S/C18H18N4O2/c1-2-6-24-15(3-1)22-11-21-17-16(19-10-20-18(17)22)12-4-5-13-8-23-9-14(13)7-12/h4-5,7,10-11,15H,1-3,6,8-9H2. The molecule has 0 amide bonds. The van der Waals surface area contributed by atoms with E-state index in [0.29, 0.717) is 13.2 Å². The fraction of sp³-hybridized carbons (Fsp3) is 0.389. The van der Waals surface area contributed by atoms with Crippen LogP contribution in [0.4, 0.5) is 0 Å². The molecule has 6 heteroatoms. The molecule has 1 unspecified atom stereocenters. The van der Waals surface area contributed by atoms with E-state index in [0.717, 1.165) is 41.9 Å². The first-order chi connectivity index (χ1) is 11.9. The van der Waals surface area contributed by atoms with E-state index in [1.807, 2.05) is 10.9 Å². The average Bonchev–Trinajstić information content (AvgIpc) is 3.28. The number of rotatable bonds is 2. The normalized spacial score (nSPS) is 20.4. The highest BCUT2D eigenvalue weighted by atomic mass is 16.5. The smallest absolute Gasteiger partial charge is 0.165 e. The van der Waals surface area contributed by atoms with Crippen molar-refractivity contribution in [3.8, 4) is 11.3 Å². The van der Waals surface area contributed by atoms with Gasteiger partial charge in [-0.15, -0.1) is 0 Å². The topological polar surface area (TPSA) is 62.1 Å². The van der Waals surface area contributed by atoms with Gasteiger partial charge in [-0.3, -0.25) is 4.57 Å². The summed E-state index contributed by atoms with van der Waals surface area (Å²) in [5.41, 5.74) is 6.07. The van der Waals surface area contributed by atoms with Gasteiger partial charge in [-0.2, -0.15) is 0 Å². The van der Waals surface area contributed by atoms with Crippen LogP contribution < -0.4 is 0 Å². The first-order valence-electron chi connectivity index (χ1n) is 8.39. The Morgan fingerprint density at radius 2 is 2.00 bits per heavy atom. The lowest BCUT2D eigenvalue weighted by Crippen LogP contribution is -2.17. The molecule has 0 aliphatic carbocycles. The van der Waals surface area contributed by atoms with E-state index in [9.17, 15) is 0 Å². The predicted molar refractivity (Wildman–Crippen MR) is 88.1 cm³/mol. The number of hydrogen-bond acceptors (Lipinski definition) is 5. The van der Waals surface area contributed by atoms with Crippen molar-refractivity contribution in [3.05, 3.63) is 42.0 Å². The van der Waals surface area contributed by atoms with Crippen LogP contribution in [0.5, 0.6) is 0 Å². The molecule has 0 N–H and O–H groups in total. The number of ether oxygens (including phenoxy) is 2. The first-order valence-corrected chi connectivity index (χ1v) is 8.39. The maximum Gasteiger partial charge on any atom is 0.165 e. The van der Waals surface area contributed by atoms with Crippen molar-refractivity contribution in [3.63, 3.8) is 0 Å². The minimum atomic E-state index is 0.0277. The molecule has 24 heavy (non-hydrogen) atoms. The molecule has 1 atom stereocenters. The highest BCUT2D eigenvalue weighted by molar-refractivity contribution is 5.87. The fourth-order valence-corrected chi connectivity index (χ4v) is 3.54. The van der Waals surface area contributed by atoms with Crippen molar-refractivity contribution in [2.45, 2.75) is 38.7 Å². The van der Waals surface area contributed by atoms with Crippen LogP contribution in [0.2, 0.25) is 0 Å². The molecule has 2 aliphatic heterocycles. The Balaban J connectivity index is 1.61. The van der Waals surface area contributed by atoms with E-state index < -0.39 is 0 Å². The molecule has 1 saturated heterocycles. The van der Waals surface area contributed by atoms with Gasteiger partial charge in [0, 0.05) is 12.2 Å². The molecule has 1 fully saturated rings. The van der Waals surface area contributed by atoms with Gasteiger partial charge >= 0.3 is 0 Å². The lowest BCUT2D eigenvalue weighted by atomic mass is 10.0. The van der Waals surface area contributed by atoms with Gasteiger partial charge in [0.25, 0.3) is 0 Å². The van der Waals surface area contributed by atoms with E-state index in [2.05, 4.69) is 33.2 Å². The largest absolute Gasteiger partial charge is 0.372 e. The fourth-order valence-electron chi connectivity index (χ4n) is 3.54. The summed E-state index contributed by atoms with van der Waals surface area (Å²) in [6.07, 6.45) is 6.77. The Kier molecular flexibility index (Phi) is 3.31. The number of nitrogens with zero attached hydrogens (tertiary/aromatic N) is 4. The molecule has 0 saturated carbocycles. The minimum Gasteiger partial charge on any atom is -0.372 e. The van der Waals surface area contributed by atoms with E-state index in [1.54, 1.807) is 6.33 Å². The van der Waals surface area contributed by atoms with E-state index >= 15 is 0 Å². The van der Waals surface area contributed by atoms with Gasteiger partial charge in [-0.25, -0.2) is 15.0 Å². The molecule has 0 bridgehead atoms. The van der Waals surface area contributed by atoms with Crippen molar-refractivity contribution in [2.24, 2.45) is 0 Å². The number of aromatic nitrogens is 4. The summed E-state index contributed by atoms with van der Waals surface area (Å²) in [5.74, 6) is 0. The predicted octanol–water partition coefficient (Wildman–Crippen LogP) is 3.22. The molecular formula is C18H18N4O2. The number of hydrogen-bond donors (Lipinski definition) is 0. The molecule has 2 aliphatic rings. The number of benzene rings is 1. The highest BCUT2D eigenvalue weighted by Crippen LogP contribution is 2.31. The maximum absolute atomic E-state index is 5.88. The average molecular weight is 322 g/mol. The Hall–Kier alpha value is -2.31. The monoisotopic (exact) mass is 322 g/mol. The van der Waals surface area contributed by atoms with E-state index in [1.165, 1.54) is 17.5 Å². The van der Waals surface area contributed by atoms with Gasteiger partial charge in [0.2, 0.25) is 0 Å². The van der Waals surface area contributed by atoms with Crippen LogP contribution in [0.3, 0.4) is 0 Å². The van der Waals surface area contributed by atoms with E-state index in [-0.39, 0.29) is 6.23 Å². The van der Waals surface area contributed by atoms with Gasteiger partial charge in [-0.1, -0.05) is 12.1 Å². The summed E-state index contributed by atoms with van der Waals surface area (Å²) in [5, 5.41) is 0. The Bertz CT molecular complexity index is 899. The van der Waals surface area contributed by atoms with Crippen LogP contribution in [0.25, 0.3) is 22.4 Å². The molecular weight excluding hydrogens is 304 g/mol. The molecule has 122 valence electrons. The van der Waals surface area contributed by atoms with Crippen molar-refractivity contribution >= 4 is 11.2 Å². The third-order valence-electron chi connectivity index (χ3n) is 4.82. The minimum absolute atomic E-state index is 0.0277. The SMILES string of the molecule is c1nc(-c2ccc3c(c2)COC3)c2ncn(C3CCCCO3)c2n1. The van der Waals surface area contributed by atoms with Crippen LogP contribution in [0, 0.1) is 0 Å². The lowest BCUT2D eigenvalue weighted by Gasteiger charge is -2.23. The van der Waals surface area contributed by atoms with Crippen molar-refractivity contribution < 1.29 is 9.47 Å². The van der Waals surface area contributed by atoms with Gasteiger partial charge < -0.3 is 9.47 Å². The second kappa shape index (κ2) is 5.65. The molecule has 3 aromatic rings. The molecule has 4 heterocycles.